The minimum Gasteiger partial charge on any atom is -0.340 e. The van der Waals surface area contributed by atoms with Gasteiger partial charge in [0.15, 0.2) is 0 Å². The molecule has 0 saturated heterocycles. The number of unbranched alkanes of at least 4 members (excludes halogenated alkanes) is 2. The van der Waals surface area contributed by atoms with Crippen LogP contribution in [0.3, 0.4) is 0 Å². The van der Waals surface area contributed by atoms with Crippen LogP contribution >= 0.6 is 0 Å². The first-order valence-corrected chi connectivity index (χ1v) is 11.4. The maximum absolute atomic E-state index is 12.6. The van der Waals surface area contributed by atoms with Crippen molar-refractivity contribution in [3.05, 3.63) is 81.8 Å². The Labute approximate surface area is 206 Å². The molecule has 2 N–H and O–H groups in total. The Hall–Kier alpha value is -4.67. The molecule has 0 atom stereocenters. The number of hydrogen-bond acceptors (Lipinski definition) is 8. The van der Waals surface area contributed by atoms with Crippen molar-refractivity contribution in [2.24, 2.45) is 0 Å². The van der Waals surface area contributed by atoms with E-state index in [1.807, 2.05) is 25.1 Å². The van der Waals surface area contributed by atoms with Crippen LogP contribution in [0.1, 0.15) is 52.1 Å². The van der Waals surface area contributed by atoms with Gasteiger partial charge in [-0.05, 0) is 50.1 Å². The van der Waals surface area contributed by atoms with Crippen molar-refractivity contribution in [3.8, 4) is 0 Å². The van der Waals surface area contributed by atoms with Crippen LogP contribution in [0.2, 0.25) is 0 Å². The van der Waals surface area contributed by atoms with Crippen molar-refractivity contribution in [2.75, 3.05) is 17.2 Å². The van der Waals surface area contributed by atoms with Crippen molar-refractivity contribution in [1.82, 2.24) is 14.9 Å². The number of benzene rings is 2. The fraction of sp³-hybridized carbons (Fsp3) is 0.240. The number of nitrogens with one attached hydrogen (secondary N) is 2. The van der Waals surface area contributed by atoms with E-state index in [4.69, 9.17) is 0 Å². The number of nitro groups is 1. The number of rotatable bonds is 10. The van der Waals surface area contributed by atoms with Crippen LogP contribution in [0, 0.1) is 17.0 Å². The monoisotopic (exact) mass is 488 g/mol. The van der Waals surface area contributed by atoms with E-state index in [1.54, 1.807) is 12.1 Å². The summed E-state index contributed by atoms with van der Waals surface area (Å²) in [5, 5.41) is 17.2. The Morgan fingerprint density at radius 3 is 2.47 bits per heavy atom. The topological polar surface area (TPSA) is 147 Å². The number of aromatic nitrogens is 2. The lowest BCUT2D eigenvalue weighted by Gasteiger charge is -2.13. The van der Waals surface area contributed by atoms with Crippen molar-refractivity contribution >= 4 is 40.6 Å². The Morgan fingerprint density at radius 1 is 1.00 bits per heavy atom. The summed E-state index contributed by atoms with van der Waals surface area (Å²) in [7, 11) is 0. The highest BCUT2D eigenvalue weighted by molar-refractivity contribution is 6.23. The predicted octanol–water partition coefficient (Wildman–Crippen LogP) is 4.23. The van der Waals surface area contributed by atoms with E-state index >= 15 is 0 Å². The SMILES string of the molecule is Cc1cc(Nc2ccc(NC(=O)CCCCCN3C(=O)c4cccc([N+](=O)[O-])c4C3=O)cc2)ncn1. The number of carbonyl (C=O) groups is 3. The number of hydrogen-bond donors (Lipinski definition) is 2. The van der Waals surface area contributed by atoms with Crippen molar-refractivity contribution < 1.29 is 19.3 Å². The number of nitro benzene ring substituents is 1. The molecule has 0 saturated carbocycles. The van der Waals surface area contributed by atoms with Gasteiger partial charge in [0.2, 0.25) is 5.91 Å². The summed E-state index contributed by atoms with van der Waals surface area (Å²) in [5.74, 6) is -0.630. The third-order valence-corrected chi connectivity index (χ3v) is 5.70. The van der Waals surface area contributed by atoms with Crippen molar-refractivity contribution in [1.29, 1.82) is 0 Å². The Bertz CT molecular complexity index is 1320. The summed E-state index contributed by atoms with van der Waals surface area (Å²) in [6.07, 6.45) is 3.45. The first-order valence-electron chi connectivity index (χ1n) is 11.4. The molecule has 0 aliphatic carbocycles. The Balaban J connectivity index is 1.20. The van der Waals surface area contributed by atoms with Crippen LogP contribution in [0.25, 0.3) is 0 Å². The van der Waals surface area contributed by atoms with E-state index in [0.717, 1.165) is 16.3 Å². The fourth-order valence-corrected chi connectivity index (χ4v) is 3.93. The molecular formula is C25H24N6O5. The normalized spacial score (nSPS) is 12.4. The molecule has 184 valence electrons. The van der Waals surface area contributed by atoms with Crippen molar-refractivity contribution in [2.45, 2.75) is 32.6 Å². The van der Waals surface area contributed by atoms with Crippen molar-refractivity contribution in [3.63, 3.8) is 0 Å². The van der Waals surface area contributed by atoms with Crippen LogP contribution in [0.4, 0.5) is 22.9 Å². The fourth-order valence-electron chi connectivity index (χ4n) is 3.93. The van der Waals surface area contributed by atoms with E-state index < -0.39 is 16.7 Å². The van der Waals surface area contributed by atoms with Gasteiger partial charge in [-0.1, -0.05) is 12.5 Å². The van der Waals surface area contributed by atoms with E-state index in [2.05, 4.69) is 20.6 Å². The third-order valence-electron chi connectivity index (χ3n) is 5.70. The van der Waals surface area contributed by atoms with Gasteiger partial charge >= 0.3 is 0 Å². The zero-order valence-electron chi connectivity index (χ0n) is 19.6. The molecule has 0 radical (unpaired) electrons. The summed E-state index contributed by atoms with van der Waals surface area (Å²) in [6, 6.07) is 13.1. The lowest BCUT2D eigenvalue weighted by Crippen LogP contribution is -2.30. The van der Waals surface area contributed by atoms with Gasteiger partial charge in [0.05, 0.1) is 10.5 Å². The Kier molecular flexibility index (Phi) is 7.28. The number of carbonyl (C=O) groups excluding carboxylic acids is 3. The minimum absolute atomic E-state index is 0.0574. The highest BCUT2D eigenvalue weighted by Gasteiger charge is 2.40. The molecule has 0 bridgehead atoms. The molecule has 1 aliphatic heterocycles. The maximum Gasteiger partial charge on any atom is 0.282 e. The Morgan fingerprint density at radius 2 is 1.75 bits per heavy atom. The second-order valence-corrected chi connectivity index (χ2v) is 8.32. The number of aryl methyl sites for hydroxylation is 1. The lowest BCUT2D eigenvalue weighted by atomic mass is 10.1. The molecular weight excluding hydrogens is 464 g/mol. The largest absolute Gasteiger partial charge is 0.340 e. The molecule has 1 aliphatic rings. The molecule has 2 heterocycles. The van der Waals surface area contributed by atoms with Crippen LogP contribution in [-0.2, 0) is 4.79 Å². The average molecular weight is 489 g/mol. The molecule has 1 aromatic heterocycles. The van der Waals surface area contributed by atoms with Crippen LogP contribution in [0.15, 0.2) is 54.9 Å². The molecule has 4 rings (SSSR count). The standard InChI is InChI=1S/C25H24N6O5/c1-16-14-21(27-15-26-16)28-17-9-11-18(12-10-17)29-22(32)8-3-2-4-13-30-24(33)19-6-5-7-20(31(35)36)23(19)25(30)34/h5-7,9-12,14-15H,2-4,8,13H2,1H3,(H,29,32)(H,26,27,28). The number of amides is 3. The average Bonchev–Trinajstić information content (AvgIpc) is 3.10. The second-order valence-electron chi connectivity index (χ2n) is 8.32. The zero-order valence-corrected chi connectivity index (χ0v) is 19.6. The lowest BCUT2D eigenvalue weighted by molar-refractivity contribution is -0.385. The third kappa shape index (κ3) is 5.52. The number of fused-ring (bicyclic) bond motifs is 1. The predicted molar refractivity (Wildman–Crippen MR) is 132 cm³/mol. The van der Waals surface area contributed by atoms with Crippen LogP contribution < -0.4 is 10.6 Å². The number of nitrogens with zero attached hydrogens (tertiary/aromatic N) is 4. The van der Waals surface area contributed by atoms with Gasteiger partial charge in [-0.25, -0.2) is 9.97 Å². The number of anilines is 3. The molecule has 3 aromatic rings. The van der Waals surface area contributed by atoms with E-state index in [-0.39, 0.29) is 35.7 Å². The number of imide groups is 1. The van der Waals surface area contributed by atoms with Gasteiger partial charge in [-0.3, -0.25) is 29.4 Å². The van der Waals surface area contributed by atoms with Gasteiger partial charge in [0.25, 0.3) is 17.5 Å². The van der Waals surface area contributed by atoms with Gasteiger partial charge in [0, 0.05) is 42.2 Å². The zero-order chi connectivity index (χ0) is 25.7. The summed E-state index contributed by atoms with van der Waals surface area (Å²) >= 11 is 0. The summed E-state index contributed by atoms with van der Waals surface area (Å²) in [4.78, 5) is 57.1. The highest BCUT2D eigenvalue weighted by atomic mass is 16.6. The quantitative estimate of drug-likeness (QED) is 0.186. The van der Waals surface area contributed by atoms with Gasteiger partial charge in [0.1, 0.15) is 17.7 Å². The first kappa shape index (κ1) is 24.5. The summed E-state index contributed by atoms with van der Waals surface area (Å²) < 4.78 is 0. The van der Waals surface area contributed by atoms with E-state index in [1.165, 1.54) is 24.5 Å². The van der Waals surface area contributed by atoms with E-state index in [0.29, 0.717) is 30.8 Å². The highest BCUT2D eigenvalue weighted by Crippen LogP contribution is 2.31. The molecule has 2 aromatic carbocycles. The molecule has 0 unspecified atom stereocenters. The molecule has 0 spiro atoms. The summed E-state index contributed by atoms with van der Waals surface area (Å²) in [5.41, 5.74) is 1.88. The molecule has 0 fully saturated rings. The van der Waals surface area contributed by atoms with Gasteiger partial charge in [-0.15, -0.1) is 0 Å². The first-order chi connectivity index (χ1) is 17.3. The molecule has 11 nitrogen and oxygen atoms in total. The second kappa shape index (κ2) is 10.7. The molecule has 11 heteroatoms. The smallest absolute Gasteiger partial charge is 0.282 e. The van der Waals surface area contributed by atoms with Crippen LogP contribution in [0.5, 0.6) is 0 Å². The molecule has 36 heavy (non-hydrogen) atoms. The van der Waals surface area contributed by atoms with E-state index in [9.17, 15) is 24.5 Å². The van der Waals surface area contributed by atoms with Gasteiger partial charge in [-0.2, -0.15) is 0 Å². The maximum atomic E-state index is 12.6. The molecule has 3 amide bonds. The minimum atomic E-state index is -0.658. The van der Waals surface area contributed by atoms with Crippen LogP contribution in [-0.4, -0.2) is 44.1 Å². The summed E-state index contributed by atoms with van der Waals surface area (Å²) in [6.45, 7) is 2.02. The van der Waals surface area contributed by atoms with Gasteiger partial charge < -0.3 is 10.6 Å².